The monoisotopic (exact) mass is 238 g/mol. The van der Waals surface area contributed by atoms with Gasteiger partial charge in [0.25, 0.3) is 0 Å². The predicted molar refractivity (Wildman–Crippen MR) is 69.2 cm³/mol. The molecule has 3 heterocycles. The van der Waals surface area contributed by atoms with E-state index in [0.29, 0.717) is 11.6 Å². The molecule has 0 N–H and O–H groups in total. The third-order valence-corrected chi connectivity index (χ3v) is 5.20. The lowest BCUT2D eigenvalue weighted by Gasteiger charge is -2.52. The maximum Gasteiger partial charge on any atom is 0.0483 e. The summed E-state index contributed by atoms with van der Waals surface area (Å²) in [6, 6.07) is 1.55. The summed E-state index contributed by atoms with van der Waals surface area (Å²) in [4.78, 5) is 5.51. The number of hydrogen-bond donors (Lipinski definition) is 0. The highest BCUT2D eigenvalue weighted by molar-refractivity contribution is 4.98. The van der Waals surface area contributed by atoms with E-state index in [1.54, 1.807) is 0 Å². The van der Waals surface area contributed by atoms with Gasteiger partial charge in [-0.05, 0) is 46.1 Å². The molecule has 0 saturated carbocycles. The first kappa shape index (κ1) is 11.9. The van der Waals surface area contributed by atoms with E-state index in [4.69, 9.17) is 4.74 Å². The number of piperazine rings is 1. The van der Waals surface area contributed by atoms with E-state index in [2.05, 4.69) is 23.6 Å². The predicted octanol–water partition coefficient (Wildman–Crippen LogP) is 1.72. The lowest BCUT2D eigenvalue weighted by molar-refractivity contribution is -0.0693. The van der Waals surface area contributed by atoms with Crippen molar-refractivity contribution < 1.29 is 4.74 Å². The summed E-state index contributed by atoms with van der Waals surface area (Å²) in [7, 11) is 0. The Morgan fingerprint density at radius 1 is 1.18 bits per heavy atom. The molecule has 0 aromatic carbocycles. The van der Waals surface area contributed by atoms with Crippen molar-refractivity contribution >= 4 is 0 Å². The van der Waals surface area contributed by atoms with Gasteiger partial charge >= 0.3 is 0 Å². The van der Waals surface area contributed by atoms with Crippen LogP contribution < -0.4 is 0 Å². The molecule has 0 bridgehead atoms. The zero-order valence-corrected chi connectivity index (χ0v) is 11.3. The van der Waals surface area contributed by atoms with Crippen LogP contribution in [0.2, 0.25) is 0 Å². The van der Waals surface area contributed by atoms with Crippen LogP contribution in [0.5, 0.6) is 0 Å². The van der Waals surface area contributed by atoms with Crippen molar-refractivity contribution in [3.8, 4) is 0 Å². The number of ether oxygens (including phenoxy) is 1. The molecule has 3 fully saturated rings. The van der Waals surface area contributed by atoms with Crippen LogP contribution in [-0.2, 0) is 4.74 Å². The van der Waals surface area contributed by atoms with E-state index < -0.39 is 0 Å². The summed E-state index contributed by atoms with van der Waals surface area (Å²) < 4.78 is 5.54. The fourth-order valence-electron chi connectivity index (χ4n) is 4.04. The van der Waals surface area contributed by atoms with Gasteiger partial charge in [-0.15, -0.1) is 0 Å². The standard InChI is InChI=1S/C14H26N2O/c1-12-10-15-7-3-4-13(15)11-16(12)14(2)5-8-17-9-6-14/h12-13H,3-11H2,1-2H3. The van der Waals surface area contributed by atoms with Crippen molar-refractivity contribution in [3.63, 3.8) is 0 Å². The first-order chi connectivity index (χ1) is 8.19. The Morgan fingerprint density at radius 2 is 1.94 bits per heavy atom. The van der Waals surface area contributed by atoms with Gasteiger partial charge in [0.05, 0.1) is 0 Å². The Morgan fingerprint density at radius 3 is 2.71 bits per heavy atom. The number of hydrogen-bond acceptors (Lipinski definition) is 3. The molecule has 98 valence electrons. The van der Waals surface area contributed by atoms with Crippen LogP contribution >= 0.6 is 0 Å². The lowest BCUT2D eigenvalue weighted by Crippen LogP contribution is -2.63. The molecule has 3 saturated heterocycles. The van der Waals surface area contributed by atoms with Crippen LogP contribution in [0.4, 0.5) is 0 Å². The van der Waals surface area contributed by atoms with Gasteiger partial charge in [0.15, 0.2) is 0 Å². The second-order valence-electron chi connectivity index (χ2n) is 6.40. The lowest BCUT2D eigenvalue weighted by atomic mass is 9.87. The normalized spacial score (nSPS) is 39.2. The van der Waals surface area contributed by atoms with E-state index in [9.17, 15) is 0 Å². The van der Waals surface area contributed by atoms with Crippen molar-refractivity contribution in [2.75, 3.05) is 32.8 Å². The third-order valence-electron chi connectivity index (χ3n) is 5.20. The van der Waals surface area contributed by atoms with Crippen LogP contribution in [-0.4, -0.2) is 60.3 Å². The second-order valence-corrected chi connectivity index (χ2v) is 6.40. The largest absolute Gasteiger partial charge is 0.381 e. The Balaban J connectivity index is 1.73. The summed E-state index contributed by atoms with van der Waals surface area (Å²) in [6.07, 6.45) is 5.25. The van der Waals surface area contributed by atoms with E-state index in [0.717, 1.165) is 19.3 Å². The van der Waals surface area contributed by atoms with Gasteiger partial charge in [-0.1, -0.05) is 0 Å². The SMILES string of the molecule is CC1CN2CCCC2CN1C1(C)CCOCC1. The van der Waals surface area contributed by atoms with E-state index in [1.807, 2.05) is 0 Å². The quantitative estimate of drug-likeness (QED) is 0.692. The molecular formula is C14H26N2O. The van der Waals surface area contributed by atoms with Gasteiger partial charge in [-0.2, -0.15) is 0 Å². The first-order valence-corrected chi connectivity index (χ1v) is 7.28. The Hall–Kier alpha value is -0.120. The summed E-state index contributed by atoms with van der Waals surface area (Å²) in [5.74, 6) is 0. The maximum absolute atomic E-state index is 5.54. The maximum atomic E-state index is 5.54. The minimum atomic E-state index is 0.395. The highest BCUT2D eigenvalue weighted by Crippen LogP contribution is 2.34. The van der Waals surface area contributed by atoms with Gasteiger partial charge in [-0.25, -0.2) is 0 Å². The van der Waals surface area contributed by atoms with Crippen LogP contribution in [0.3, 0.4) is 0 Å². The fourth-order valence-corrected chi connectivity index (χ4v) is 4.04. The van der Waals surface area contributed by atoms with Crippen molar-refractivity contribution in [3.05, 3.63) is 0 Å². The number of rotatable bonds is 1. The minimum absolute atomic E-state index is 0.395. The van der Waals surface area contributed by atoms with Crippen molar-refractivity contribution in [1.29, 1.82) is 0 Å². The van der Waals surface area contributed by atoms with Crippen molar-refractivity contribution in [2.45, 2.75) is 57.2 Å². The minimum Gasteiger partial charge on any atom is -0.381 e. The van der Waals surface area contributed by atoms with Crippen molar-refractivity contribution in [2.24, 2.45) is 0 Å². The average molecular weight is 238 g/mol. The van der Waals surface area contributed by atoms with Gasteiger partial charge in [0.2, 0.25) is 0 Å². The van der Waals surface area contributed by atoms with Crippen molar-refractivity contribution in [1.82, 2.24) is 9.80 Å². The summed E-state index contributed by atoms with van der Waals surface area (Å²) >= 11 is 0. The molecule has 3 aliphatic heterocycles. The zero-order valence-electron chi connectivity index (χ0n) is 11.3. The molecule has 3 rings (SSSR count). The van der Waals surface area contributed by atoms with E-state index >= 15 is 0 Å². The molecule has 0 radical (unpaired) electrons. The molecule has 2 atom stereocenters. The molecule has 0 aliphatic carbocycles. The van der Waals surface area contributed by atoms with Crippen LogP contribution in [0, 0.1) is 0 Å². The van der Waals surface area contributed by atoms with Crippen LogP contribution in [0.15, 0.2) is 0 Å². The molecule has 3 aliphatic rings. The Bertz CT molecular complexity index is 275. The average Bonchev–Trinajstić information content (AvgIpc) is 2.76. The van der Waals surface area contributed by atoms with Gasteiger partial charge in [0, 0.05) is 43.9 Å². The first-order valence-electron chi connectivity index (χ1n) is 7.28. The van der Waals surface area contributed by atoms with Gasteiger partial charge in [0.1, 0.15) is 0 Å². The van der Waals surface area contributed by atoms with Gasteiger partial charge in [-0.3, -0.25) is 9.80 Å². The smallest absolute Gasteiger partial charge is 0.0483 e. The number of fused-ring (bicyclic) bond motifs is 1. The zero-order chi connectivity index (χ0) is 11.9. The molecule has 0 aromatic rings. The molecule has 2 unspecified atom stereocenters. The third kappa shape index (κ3) is 2.13. The van der Waals surface area contributed by atoms with E-state index in [-0.39, 0.29) is 0 Å². The molecular weight excluding hydrogens is 212 g/mol. The Kier molecular flexibility index (Phi) is 3.18. The Labute approximate surface area is 105 Å². The second kappa shape index (κ2) is 4.52. The highest BCUT2D eigenvalue weighted by Gasteiger charge is 2.42. The van der Waals surface area contributed by atoms with Gasteiger partial charge < -0.3 is 4.74 Å². The molecule has 0 amide bonds. The number of nitrogens with zero attached hydrogens (tertiary/aromatic N) is 2. The summed E-state index contributed by atoms with van der Waals surface area (Å²) in [6.45, 7) is 10.7. The van der Waals surface area contributed by atoms with Crippen LogP contribution in [0.1, 0.15) is 39.5 Å². The molecule has 0 aromatic heterocycles. The summed E-state index contributed by atoms with van der Waals surface area (Å²) in [5.41, 5.74) is 0.395. The molecule has 3 heteroatoms. The molecule has 0 spiro atoms. The fraction of sp³-hybridized carbons (Fsp3) is 1.00. The summed E-state index contributed by atoms with van der Waals surface area (Å²) in [5, 5.41) is 0. The van der Waals surface area contributed by atoms with Crippen LogP contribution in [0.25, 0.3) is 0 Å². The molecule has 17 heavy (non-hydrogen) atoms. The highest BCUT2D eigenvalue weighted by atomic mass is 16.5. The van der Waals surface area contributed by atoms with E-state index in [1.165, 1.54) is 45.3 Å². The topological polar surface area (TPSA) is 15.7 Å². The molecule has 3 nitrogen and oxygen atoms in total.